The molecule has 0 aromatic carbocycles. The quantitative estimate of drug-likeness (QED) is 0.465. The Kier molecular flexibility index (Phi) is 5.71. The van der Waals surface area contributed by atoms with Gasteiger partial charge < -0.3 is 10.2 Å². The van der Waals surface area contributed by atoms with Crippen molar-refractivity contribution in [2.24, 2.45) is 0 Å². The number of nitrogens with one attached hydrogen (secondary N) is 1. The molecule has 0 unspecified atom stereocenters. The number of rotatable bonds is 6. The molecule has 11 heavy (non-hydrogen) atoms. The van der Waals surface area contributed by atoms with Crippen LogP contribution in [0.1, 0.15) is 46.0 Å². The molecule has 0 fully saturated rings. The lowest BCUT2D eigenvalue weighted by Gasteiger charge is -1.98. The summed E-state index contributed by atoms with van der Waals surface area (Å²) >= 11 is 0. The highest BCUT2D eigenvalue weighted by Crippen LogP contribution is 2.02. The number of hydrogen-bond donors (Lipinski definition) is 1. The van der Waals surface area contributed by atoms with Gasteiger partial charge in [0.2, 0.25) is 0 Å². The fourth-order valence-corrected chi connectivity index (χ4v) is 0.889. The van der Waals surface area contributed by atoms with Gasteiger partial charge in [-0.3, -0.25) is 0 Å². The molecule has 1 N–H and O–H groups in total. The minimum Gasteiger partial charge on any atom is -0.310 e. The van der Waals surface area contributed by atoms with Crippen LogP contribution in [-0.4, -0.2) is 11.5 Å². The summed E-state index contributed by atoms with van der Waals surface area (Å²) in [7, 11) is 0. The average molecular weight is 155 g/mol. The Morgan fingerprint density at radius 3 is 2.27 bits per heavy atom. The van der Waals surface area contributed by atoms with E-state index < -0.39 is 0 Å². The van der Waals surface area contributed by atoms with Crippen molar-refractivity contribution in [3.8, 4) is 0 Å². The Morgan fingerprint density at radius 1 is 1.27 bits per heavy atom. The Labute approximate surface area is 68.5 Å². The molecule has 2 nitrogen and oxygen atoms in total. The Balaban J connectivity index is 3.14. The van der Waals surface area contributed by atoms with Crippen LogP contribution in [-0.2, 0) is 4.79 Å². The maximum Gasteiger partial charge on any atom is 0.129 e. The molecule has 0 bridgehead atoms. The third-order valence-corrected chi connectivity index (χ3v) is 1.68. The number of Topliss-reactive ketones (excluding diaryl/α,β-unsaturated/α-hetero) is 1. The van der Waals surface area contributed by atoms with Crippen molar-refractivity contribution in [3.05, 3.63) is 0 Å². The van der Waals surface area contributed by atoms with Crippen molar-refractivity contribution in [3.63, 3.8) is 0 Å². The van der Waals surface area contributed by atoms with Crippen molar-refractivity contribution >= 4 is 11.5 Å². The van der Waals surface area contributed by atoms with Gasteiger partial charge in [0, 0.05) is 12.1 Å². The van der Waals surface area contributed by atoms with Crippen molar-refractivity contribution in [1.29, 1.82) is 5.41 Å². The van der Waals surface area contributed by atoms with Crippen LogP contribution < -0.4 is 0 Å². The lowest BCUT2D eigenvalue weighted by molar-refractivity contribution is -0.117. The Morgan fingerprint density at radius 2 is 1.82 bits per heavy atom. The highest BCUT2D eigenvalue weighted by molar-refractivity contribution is 5.81. The molecule has 0 amide bonds. The Hall–Kier alpha value is -0.660. The van der Waals surface area contributed by atoms with E-state index >= 15 is 0 Å². The molecule has 0 aromatic rings. The third-order valence-electron chi connectivity index (χ3n) is 1.68. The molecule has 0 atom stereocenters. The number of hydrogen-bond acceptors (Lipinski definition) is 2. The predicted octanol–water partition coefficient (Wildman–Crippen LogP) is 2.57. The van der Waals surface area contributed by atoms with E-state index in [1.807, 2.05) is 6.92 Å². The van der Waals surface area contributed by atoms with Crippen LogP contribution in [0, 0.1) is 5.41 Å². The second-order valence-corrected chi connectivity index (χ2v) is 2.87. The molecular formula is C9H17NO. The third kappa shape index (κ3) is 7.23. The fraction of sp³-hybridized carbons (Fsp3) is 0.778. The summed E-state index contributed by atoms with van der Waals surface area (Å²) in [5.74, 6) is 0.257. The standard InChI is InChI=1S/C9H17NO/c1-3-9(10)7-5-4-6-8(2)11/h10H,3-7H2,1-2H3. The molecule has 2 heteroatoms. The second-order valence-electron chi connectivity index (χ2n) is 2.87. The molecule has 64 valence electrons. The summed E-state index contributed by atoms with van der Waals surface area (Å²) in [5, 5.41) is 7.34. The molecule has 0 aliphatic heterocycles. The van der Waals surface area contributed by atoms with E-state index in [2.05, 4.69) is 0 Å². The first-order chi connectivity index (χ1) is 5.16. The van der Waals surface area contributed by atoms with E-state index in [-0.39, 0.29) is 5.78 Å². The second kappa shape index (κ2) is 6.08. The fourth-order valence-electron chi connectivity index (χ4n) is 0.889. The zero-order valence-electron chi connectivity index (χ0n) is 7.44. The number of unbranched alkanes of at least 4 members (excludes halogenated alkanes) is 1. The summed E-state index contributed by atoms with van der Waals surface area (Å²) in [6, 6.07) is 0. The van der Waals surface area contributed by atoms with Crippen molar-refractivity contribution < 1.29 is 4.79 Å². The summed E-state index contributed by atoms with van der Waals surface area (Å²) in [6.07, 6.45) is 4.32. The van der Waals surface area contributed by atoms with Gasteiger partial charge in [-0.2, -0.15) is 0 Å². The van der Waals surface area contributed by atoms with Gasteiger partial charge in [0.1, 0.15) is 5.78 Å². The van der Waals surface area contributed by atoms with Gasteiger partial charge in [0.15, 0.2) is 0 Å². The zero-order valence-corrected chi connectivity index (χ0v) is 7.44. The van der Waals surface area contributed by atoms with E-state index in [0.29, 0.717) is 6.42 Å². The van der Waals surface area contributed by atoms with Gasteiger partial charge in [-0.15, -0.1) is 0 Å². The molecule has 0 rings (SSSR count). The Bertz CT molecular complexity index is 140. The summed E-state index contributed by atoms with van der Waals surface area (Å²) in [5.41, 5.74) is 0.800. The summed E-state index contributed by atoms with van der Waals surface area (Å²) < 4.78 is 0. The van der Waals surface area contributed by atoms with E-state index in [1.165, 1.54) is 0 Å². The van der Waals surface area contributed by atoms with Gasteiger partial charge in [0.05, 0.1) is 0 Å². The minimum absolute atomic E-state index is 0.257. The predicted molar refractivity (Wildman–Crippen MR) is 47.2 cm³/mol. The normalized spacial score (nSPS) is 9.64. The van der Waals surface area contributed by atoms with Crippen LogP contribution in [0.25, 0.3) is 0 Å². The number of carbonyl (C=O) groups is 1. The highest BCUT2D eigenvalue weighted by atomic mass is 16.1. The van der Waals surface area contributed by atoms with Gasteiger partial charge in [-0.1, -0.05) is 6.92 Å². The molecule has 0 aliphatic carbocycles. The highest BCUT2D eigenvalue weighted by Gasteiger charge is 1.95. The SMILES string of the molecule is CCC(=N)CCCCC(C)=O. The first kappa shape index (κ1) is 10.3. The monoisotopic (exact) mass is 155 g/mol. The van der Waals surface area contributed by atoms with E-state index in [4.69, 9.17) is 5.41 Å². The summed E-state index contributed by atoms with van der Waals surface area (Å²) in [6.45, 7) is 3.61. The molecule has 0 saturated heterocycles. The molecule has 0 saturated carbocycles. The smallest absolute Gasteiger partial charge is 0.129 e. The topological polar surface area (TPSA) is 40.9 Å². The van der Waals surface area contributed by atoms with E-state index in [1.54, 1.807) is 6.92 Å². The van der Waals surface area contributed by atoms with Crippen molar-refractivity contribution in [2.45, 2.75) is 46.0 Å². The first-order valence-electron chi connectivity index (χ1n) is 4.22. The van der Waals surface area contributed by atoms with Crippen LogP contribution in [0.15, 0.2) is 0 Å². The molecule has 0 aromatic heterocycles. The molecular weight excluding hydrogens is 138 g/mol. The van der Waals surface area contributed by atoms with Crippen LogP contribution in [0.3, 0.4) is 0 Å². The van der Waals surface area contributed by atoms with E-state index in [0.717, 1.165) is 31.4 Å². The van der Waals surface area contributed by atoms with E-state index in [9.17, 15) is 4.79 Å². The maximum atomic E-state index is 10.5. The lowest BCUT2D eigenvalue weighted by atomic mass is 10.1. The minimum atomic E-state index is 0.257. The lowest BCUT2D eigenvalue weighted by Crippen LogP contribution is -1.95. The van der Waals surface area contributed by atoms with Crippen LogP contribution >= 0.6 is 0 Å². The van der Waals surface area contributed by atoms with Crippen LogP contribution in [0.5, 0.6) is 0 Å². The largest absolute Gasteiger partial charge is 0.310 e. The first-order valence-corrected chi connectivity index (χ1v) is 4.22. The number of carbonyl (C=O) groups excluding carboxylic acids is 1. The zero-order chi connectivity index (χ0) is 8.69. The van der Waals surface area contributed by atoms with Gasteiger partial charge in [-0.25, -0.2) is 0 Å². The van der Waals surface area contributed by atoms with Crippen LogP contribution in [0.2, 0.25) is 0 Å². The summed E-state index contributed by atoms with van der Waals surface area (Å²) in [4.78, 5) is 10.5. The molecule has 0 heterocycles. The van der Waals surface area contributed by atoms with Crippen molar-refractivity contribution in [1.82, 2.24) is 0 Å². The molecule has 0 aliphatic rings. The average Bonchev–Trinajstić information content (AvgIpc) is 1.97. The van der Waals surface area contributed by atoms with Crippen LogP contribution in [0.4, 0.5) is 0 Å². The van der Waals surface area contributed by atoms with Gasteiger partial charge >= 0.3 is 0 Å². The van der Waals surface area contributed by atoms with Gasteiger partial charge in [0.25, 0.3) is 0 Å². The molecule has 0 spiro atoms. The number of ketones is 1. The van der Waals surface area contributed by atoms with Crippen molar-refractivity contribution in [2.75, 3.05) is 0 Å². The maximum absolute atomic E-state index is 10.5. The van der Waals surface area contributed by atoms with Gasteiger partial charge in [-0.05, 0) is 32.6 Å². The molecule has 0 radical (unpaired) electrons.